The van der Waals surface area contributed by atoms with Crippen LogP contribution in [0.2, 0.25) is 0 Å². The third kappa shape index (κ3) is 5.75. The summed E-state index contributed by atoms with van der Waals surface area (Å²) in [6.07, 6.45) is 1.22. The number of morpholine rings is 1. The topological polar surface area (TPSA) is 101 Å². The first kappa shape index (κ1) is 23.8. The van der Waals surface area contributed by atoms with Crippen LogP contribution in [0.3, 0.4) is 0 Å². The molecule has 0 atom stereocenters. The minimum Gasteiger partial charge on any atom is -0.444 e. The number of hydrogen-bond donors (Lipinski definition) is 0. The lowest BCUT2D eigenvalue weighted by molar-refractivity contribution is -0.119. The second kappa shape index (κ2) is 9.47. The summed E-state index contributed by atoms with van der Waals surface area (Å²) < 4.78 is 17.7. The van der Waals surface area contributed by atoms with Crippen molar-refractivity contribution >= 4 is 12.0 Å². The van der Waals surface area contributed by atoms with Gasteiger partial charge in [-0.15, -0.1) is 0 Å². The number of carbonyl (C=O) groups excluding carboxylic acids is 1. The number of ether oxygens (including phenoxy) is 3. The van der Waals surface area contributed by atoms with Gasteiger partial charge in [-0.3, -0.25) is 0 Å². The van der Waals surface area contributed by atoms with Gasteiger partial charge in [0, 0.05) is 31.4 Å². The largest absolute Gasteiger partial charge is 0.444 e. The molecule has 0 radical (unpaired) electrons. The molecule has 0 aliphatic carbocycles. The molecule has 180 valence electrons. The number of aryl methyl sites for hydroxylation is 1. The Balaban J connectivity index is 1.42. The number of benzene rings is 1. The zero-order valence-corrected chi connectivity index (χ0v) is 20.2. The average molecular weight is 466 g/mol. The Hall–Kier alpha value is -3.38. The lowest BCUT2D eigenvalue weighted by atomic mass is 9.89. The van der Waals surface area contributed by atoms with Crippen molar-refractivity contribution in [3.8, 4) is 17.7 Å². The van der Waals surface area contributed by atoms with Crippen LogP contribution in [-0.2, 0) is 9.47 Å². The summed E-state index contributed by atoms with van der Waals surface area (Å²) in [5, 5.41) is 9.11. The maximum atomic E-state index is 12.6. The summed E-state index contributed by atoms with van der Waals surface area (Å²) in [5.41, 5.74) is 0.413. The third-order valence-electron chi connectivity index (χ3n) is 5.86. The molecule has 0 unspecified atom stereocenters. The van der Waals surface area contributed by atoms with Crippen molar-refractivity contribution in [3.05, 3.63) is 41.6 Å². The summed E-state index contributed by atoms with van der Waals surface area (Å²) in [6, 6.07) is 10.9. The predicted molar refractivity (Wildman–Crippen MR) is 126 cm³/mol. The summed E-state index contributed by atoms with van der Waals surface area (Å²) in [6.45, 7) is 10.5. The van der Waals surface area contributed by atoms with E-state index in [9.17, 15) is 4.79 Å². The molecule has 2 fully saturated rings. The Labute approximate surface area is 200 Å². The molecule has 1 aromatic carbocycles. The molecule has 2 saturated heterocycles. The number of carbonyl (C=O) groups is 1. The number of nitriles is 1. The fourth-order valence-corrected chi connectivity index (χ4v) is 4.21. The second-order valence-electron chi connectivity index (χ2n) is 9.81. The average Bonchev–Trinajstić information content (AvgIpc) is 2.78. The lowest BCUT2D eigenvalue weighted by Gasteiger charge is -2.47. The van der Waals surface area contributed by atoms with Gasteiger partial charge in [-0.25, -0.2) is 9.78 Å². The summed E-state index contributed by atoms with van der Waals surface area (Å²) in [5.74, 6) is 1.59. The van der Waals surface area contributed by atoms with E-state index in [0.717, 1.165) is 18.5 Å². The fourth-order valence-electron chi connectivity index (χ4n) is 4.21. The van der Waals surface area contributed by atoms with E-state index >= 15 is 0 Å². The number of nitrogens with zero attached hydrogens (tertiary/aromatic N) is 5. The number of hydrogen-bond acceptors (Lipinski definition) is 8. The molecule has 34 heavy (non-hydrogen) atoms. The van der Waals surface area contributed by atoms with Gasteiger partial charge in [-0.2, -0.15) is 10.2 Å². The van der Waals surface area contributed by atoms with Crippen molar-refractivity contribution in [3.63, 3.8) is 0 Å². The van der Waals surface area contributed by atoms with Crippen LogP contribution in [0.25, 0.3) is 0 Å². The first-order valence-electron chi connectivity index (χ1n) is 11.6. The van der Waals surface area contributed by atoms with Crippen LogP contribution in [0.1, 0.15) is 44.9 Å². The van der Waals surface area contributed by atoms with Crippen LogP contribution in [-0.4, -0.2) is 64.9 Å². The monoisotopic (exact) mass is 465 g/mol. The molecule has 0 N–H and O–H groups in total. The maximum Gasteiger partial charge on any atom is 0.410 e. The Bertz CT molecular complexity index is 1080. The van der Waals surface area contributed by atoms with Gasteiger partial charge in [0.05, 0.1) is 30.4 Å². The molecule has 0 bridgehead atoms. The van der Waals surface area contributed by atoms with Gasteiger partial charge in [0.1, 0.15) is 11.4 Å². The van der Waals surface area contributed by atoms with Crippen molar-refractivity contribution in [2.75, 3.05) is 37.7 Å². The van der Waals surface area contributed by atoms with Gasteiger partial charge >= 0.3 is 6.09 Å². The molecule has 2 aromatic rings. The van der Waals surface area contributed by atoms with Crippen LogP contribution in [0, 0.1) is 18.3 Å². The minimum atomic E-state index is -0.524. The van der Waals surface area contributed by atoms with Gasteiger partial charge in [-0.05, 0) is 58.7 Å². The summed E-state index contributed by atoms with van der Waals surface area (Å²) in [4.78, 5) is 25.7. The van der Waals surface area contributed by atoms with Gasteiger partial charge in [-0.1, -0.05) is 6.07 Å². The minimum absolute atomic E-state index is 0.290. The molecule has 9 nitrogen and oxygen atoms in total. The highest BCUT2D eigenvalue weighted by Gasteiger charge is 2.42. The molecule has 1 aromatic heterocycles. The standard InChI is InChI=1S/C25H31N5O4/c1-18-14-21(33-20-7-5-6-19(15-20)16-26)28-22(27-18)29-10-8-25(9-11-29)17-30(12-13-32-25)23(31)34-24(2,3)4/h5-7,14-15H,8-13,17H2,1-4H3. The molecule has 2 aliphatic rings. The number of piperidine rings is 1. The van der Waals surface area contributed by atoms with Gasteiger partial charge in [0.15, 0.2) is 0 Å². The van der Waals surface area contributed by atoms with E-state index in [2.05, 4.69) is 20.9 Å². The zero-order valence-electron chi connectivity index (χ0n) is 20.2. The molecule has 0 saturated carbocycles. The quantitative estimate of drug-likeness (QED) is 0.669. The highest BCUT2D eigenvalue weighted by molar-refractivity contribution is 5.68. The zero-order chi connectivity index (χ0) is 24.3. The van der Waals surface area contributed by atoms with Crippen molar-refractivity contribution in [2.45, 2.75) is 51.7 Å². The van der Waals surface area contributed by atoms with Crippen LogP contribution in [0.4, 0.5) is 10.7 Å². The summed E-state index contributed by atoms with van der Waals surface area (Å²) in [7, 11) is 0. The van der Waals surface area contributed by atoms with Crippen molar-refractivity contribution in [2.24, 2.45) is 0 Å². The van der Waals surface area contributed by atoms with Gasteiger partial charge in [0.25, 0.3) is 0 Å². The Kier molecular flexibility index (Phi) is 6.62. The number of anilines is 1. The molecule has 9 heteroatoms. The smallest absolute Gasteiger partial charge is 0.410 e. The number of amides is 1. The lowest BCUT2D eigenvalue weighted by Crippen LogP contribution is -2.58. The highest BCUT2D eigenvalue weighted by Crippen LogP contribution is 2.33. The van der Waals surface area contributed by atoms with Crippen LogP contribution < -0.4 is 9.64 Å². The highest BCUT2D eigenvalue weighted by atomic mass is 16.6. The number of aromatic nitrogens is 2. The predicted octanol–water partition coefficient (Wildman–Crippen LogP) is 4.06. The second-order valence-corrected chi connectivity index (χ2v) is 9.81. The molecule has 3 heterocycles. The molecular weight excluding hydrogens is 434 g/mol. The molecular formula is C25H31N5O4. The van der Waals surface area contributed by atoms with E-state index in [0.29, 0.717) is 55.9 Å². The van der Waals surface area contributed by atoms with Gasteiger partial charge in [0.2, 0.25) is 11.8 Å². The van der Waals surface area contributed by atoms with Crippen molar-refractivity contribution in [1.29, 1.82) is 5.26 Å². The summed E-state index contributed by atoms with van der Waals surface area (Å²) >= 11 is 0. The fraction of sp³-hybridized carbons (Fsp3) is 0.520. The Morgan fingerprint density at radius 3 is 2.65 bits per heavy atom. The molecule has 2 aliphatic heterocycles. The normalized spacial score (nSPS) is 17.9. The SMILES string of the molecule is Cc1cc(Oc2cccc(C#N)c2)nc(N2CCC3(CC2)CN(C(=O)OC(C)(C)C)CCO3)n1. The van der Waals surface area contributed by atoms with E-state index in [1.165, 1.54) is 0 Å². The first-order valence-corrected chi connectivity index (χ1v) is 11.6. The van der Waals surface area contributed by atoms with E-state index in [4.69, 9.17) is 19.5 Å². The van der Waals surface area contributed by atoms with Gasteiger partial charge < -0.3 is 24.0 Å². The van der Waals surface area contributed by atoms with E-state index < -0.39 is 5.60 Å². The Morgan fingerprint density at radius 1 is 1.18 bits per heavy atom. The van der Waals surface area contributed by atoms with E-state index in [-0.39, 0.29) is 11.7 Å². The van der Waals surface area contributed by atoms with Crippen molar-refractivity contribution in [1.82, 2.24) is 14.9 Å². The van der Waals surface area contributed by atoms with Crippen LogP contribution in [0.5, 0.6) is 11.6 Å². The van der Waals surface area contributed by atoms with E-state index in [1.54, 1.807) is 35.2 Å². The van der Waals surface area contributed by atoms with Crippen molar-refractivity contribution < 1.29 is 19.0 Å². The molecule has 4 rings (SSSR count). The molecule has 1 spiro atoms. The Morgan fingerprint density at radius 2 is 1.94 bits per heavy atom. The van der Waals surface area contributed by atoms with Crippen LogP contribution in [0.15, 0.2) is 30.3 Å². The van der Waals surface area contributed by atoms with Crippen LogP contribution >= 0.6 is 0 Å². The maximum absolute atomic E-state index is 12.6. The molecule has 1 amide bonds. The van der Waals surface area contributed by atoms with E-state index in [1.807, 2.05) is 27.7 Å². The number of rotatable bonds is 3. The first-order chi connectivity index (χ1) is 16.1. The third-order valence-corrected chi connectivity index (χ3v) is 5.86.